The number of rotatable bonds is 6. The summed E-state index contributed by atoms with van der Waals surface area (Å²) in [4.78, 5) is 41.8. The molecular formula is C28H25F2N3O4. The Balaban J connectivity index is 1.55. The quantitative estimate of drug-likeness (QED) is 0.517. The summed E-state index contributed by atoms with van der Waals surface area (Å²) in [5.41, 5.74) is 0.0120. The van der Waals surface area contributed by atoms with E-state index in [1.54, 1.807) is 9.47 Å². The van der Waals surface area contributed by atoms with Crippen molar-refractivity contribution in [3.8, 4) is 5.75 Å². The third-order valence-corrected chi connectivity index (χ3v) is 6.74. The van der Waals surface area contributed by atoms with E-state index < -0.39 is 23.0 Å². The number of pyridine rings is 1. The normalized spacial score (nSPS) is 18.2. The summed E-state index contributed by atoms with van der Waals surface area (Å²) >= 11 is 0. The number of benzene rings is 2. The van der Waals surface area contributed by atoms with Crippen molar-refractivity contribution in [3.05, 3.63) is 111 Å². The molecule has 2 aliphatic heterocycles. The summed E-state index contributed by atoms with van der Waals surface area (Å²) < 4.78 is 34.9. The van der Waals surface area contributed by atoms with Gasteiger partial charge in [0.25, 0.3) is 11.8 Å². The van der Waals surface area contributed by atoms with Gasteiger partial charge in [-0.2, -0.15) is 0 Å². The van der Waals surface area contributed by atoms with Gasteiger partial charge < -0.3 is 19.5 Å². The number of carbonyl (C=O) groups excluding carboxylic acids is 2. The van der Waals surface area contributed by atoms with Gasteiger partial charge in [-0.05, 0) is 17.5 Å². The summed E-state index contributed by atoms with van der Waals surface area (Å²) in [6.45, 7) is 2.62. The van der Waals surface area contributed by atoms with E-state index in [2.05, 4.69) is 5.32 Å². The fourth-order valence-electron chi connectivity index (χ4n) is 4.69. The van der Waals surface area contributed by atoms with Crippen molar-refractivity contribution in [2.75, 3.05) is 13.1 Å². The van der Waals surface area contributed by atoms with Crippen LogP contribution in [0.1, 0.15) is 44.9 Å². The zero-order valence-corrected chi connectivity index (χ0v) is 20.1. The van der Waals surface area contributed by atoms with E-state index in [1.807, 2.05) is 49.4 Å². The predicted octanol–water partition coefficient (Wildman–Crippen LogP) is 3.84. The van der Waals surface area contributed by atoms with Gasteiger partial charge in [-0.3, -0.25) is 14.4 Å². The molecule has 2 amide bonds. The molecule has 3 aromatic rings. The van der Waals surface area contributed by atoms with E-state index in [0.29, 0.717) is 13.1 Å². The Morgan fingerprint density at radius 3 is 2.68 bits per heavy atom. The number of allylic oxidation sites excluding steroid dienone is 1. The molecule has 5 rings (SSSR count). The first-order valence-electron chi connectivity index (χ1n) is 12.0. The number of hydrogen-bond donors (Lipinski definition) is 1. The molecule has 1 N–H and O–H groups in total. The molecule has 0 radical (unpaired) electrons. The van der Waals surface area contributed by atoms with Crippen LogP contribution < -0.4 is 15.5 Å². The number of amides is 2. The second kappa shape index (κ2) is 10.0. The average molecular weight is 506 g/mol. The van der Waals surface area contributed by atoms with Crippen LogP contribution in [0, 0.1) is 17.6 Å². The highest BCUT2D eigenvalue weighted by Crippen LogP contribution is 2.33. The number of nitrogens with one attached hydrogen (secondary N) is 1. The molecule has 0 spiro atoms. The molecule has 0 saturated carbocycles. The maximum atomic E-state index is 14.1. The molecule has 2 aliphatic rings. The fraction of sp³-hybridized carbons (Fsp3) is 0.250. The number of aromatic nitrogens is 1. The first kappa shape index (κ1) is 24.4. The molecule has 0 aliphatic carbocycles. The fourth-order valence-corrected chi connectivity index (χ4v) is 4.69. The van der Waals surface area contributed by atoms with Gasteiger partial charge in [0.1, 0.15) is 23.8 Å². The molecule has 3 heterocycles. The Kier molecular flexibility index (Phi) is 6.60. The van der Waals surface area contributed by atoms with Gasteiger partial charge in [-0.15, -0.1) is 0 Å². The lowest BCUT2D eigenvalue weighted by atomic mass is 9.98. The van der Waals surface area contributed by atoms with Gasteiger partial charge in [0.15, 0.2) is 11.4 Å². The van der Waals surface area contributed by atoms with Crippen molar-refractivity contribution in [3.63, 3.8) is 0 Å². The van der Waals surface area contributed by atoms with Crippen molar-refractivity contribution in [2.45, 2.75) is 26.1 Å². The zero-order valence-electron chi connectivity index (χ0n) is 20.1. The highest BCUT2D eigenvalue weighted by atomic mass is 19.1. The van der Waals surface area contributed by atoms with Crippen LogP contribution in [0.2, 0.25) is 0 Å². The first-order chi connectivity index (χ1) is 17.8. The number of hydrogen-bond acceptors (Lipinski definition) is 4. The predicted molar refractivity (Wildman–Crippen MR) is 132 cm³/mol. The number of halogens is 2. The molecule has 37 heavy (non-hydrogen) atoms. The van der Waals surface area contributed by atoms with Crippen LogP contribution in [0.15, 0.2) is 71.7 Å². The monoisotopic (exact) mass is 505 g/mol. The standard InChI is InChI=1S/C28H25F2N3O4/c1-17-6-5-11-32-15-23(17)33-14-21(27(35)31-13-19-9-10-20(29)12-22(19)30)25(34)26(24(33)28(32)36)37-16-18-7-3-2-4-8-18/h2-10,12,14,17,23H,11,13,15-16H2,1H3,(H,31,35). The molecule has 9 heteroatoms. The summed E-state index contributed by atoms with van der Waals surface area (Å²) in [5.74, 6) is -2.82. The topological polar surface area (TPSA) is 80.6 Å². The molecule has 0 saturated heterocycles. The molecular weight excluding hydrogens is 480 g/mol. The van der Waals surface area contributed by atoms with Crippen molar-refractivity contribution in [1.82, 2.24) is 14.8 Å². The van der Waals surface area contributed by atoms with Gasteiger partial charge in [0.2, 0.25) is 5.43 Å². The summed E-state index contributed by atoms with van der Waals surface area (Å²) in [6.07, 6.45) is 5.31. The second-order valence-corrected chi connectivity index (χ2v) is 9.21. The Bertz CT molecular complexity index is 1450. The van der Waals surface area contributed by atoms with Crippen LogP contribution in [0.4, 0.5) is 8.78 Å². The lowest BCUT2D eigenvalue weighted by Crippen LogP contribution is -2.46. The van der Waals surface area contributed by atoms with Gasteiger partial charge >= 0.3 is 0 Å². The highest BCUT2D eigenvalue weighted by molar-refractivity contribution is 5.99. The number of nitrogens with zero attached hydrogens (tertiary/aromatic N) is 2. The Labute approximate surface area is 212 Å². The molecule has 0 fully saturated rings. The van der Waals surface area contributed by atoms with Crippen LogP contribution >= 0.6 is 0 Å². The van der Waals surface area contributed by atoms with E-state index in [9.17, 15) is 23.2 Å². The van der Waals surface area contributed by atoms with E-state index in [1.165, 1.54) is 12.3 Å². The molecule has 2 aromatic carbocycles. The summed E-state index contributed by atoms with van der Waals surface area (Å²) in [5, 5.41) is 2.53. The van der Waals surface area contributed by atoms with Crippen LogP contribution in [-0.2, 0) is 13.2 Å². The van der Waals surface area contributed by atoms with E-state index in [0.717, 1.165) is 17.7 Å². The second-order valence-electron chi connectivity index (χ2n) is 9.21. The van der Waals surface area contributed by atoms with E-state index in [4.69, 9.17) is 4.74 Å². The number of fused-ring (bicyclic) bond motifs is 4. The summed E-state index contributed by atoms with van der Waals surface area (Å²) in [6, 6.07) is 12.0. The largest absolute Gasteiger partial charge is 0.483 e. The molecule has 2 atom stereocenters. The third-order valence-electron chi connectivity index (χ3n) is 6.74. The highest BCUT2D eigenvalue weighted by Gasteiger charge is 2.38. The maximum Gasteiger partial charge on any atom is 0.274 e. The van der Waals surface area contributed by atoms with E-state index in [-0.39, 0.29) is 53.6 Å². The van der Waals surface area contributed by atoms with Crippen LogP contribution in [-0.4, -0.2) is 34.4 Å². The van der Waals surface area contributed by atoms with Gasteiger partial charge in [-0.25, -0.2) is 8.78 Å². The maximum absolute atomic E-state index is 14.1. The van der Waals surface area contributed by atoms with Gasteiger partial charge in [0, 0.05) is 37.5 Å². The molecule has 190 valence electrons. The minimum atomic E-state index is -0.806. The van der Waals surface area contributed by atoms with Gasteiger partial charge in [0.05, 0.1) is 6.04 Å². The van der Waals surface area contributed by atoms with Gasteiger partial charge in [-0.1, -0.05) is 55.5 Å². The van der Waals surface area contributed by atoms with E-state index >= 15 is 0 Å². The lowest BCUT2D eigenvalue weighted by molar-refractivity contribution is 0.0668. The van der Waals surface area contributed by atoms with Crippen LogP contribution in [0.3, 0.4) is 0 Å². The Morgan fingerprint density at radius 2 is 1.92 bits per heavy atom. The average Bonchev–Trinajstić information content (AvgIpc) is 3.06. The van der Waals surface area contributed by atoms with Crippen LogP contribution in [0.25, 0.3) is 0 Å². The Hall–Kier alpha value is -4.27. The SMILES string of the molecule is CC1C=CCN2CC1n1cc(C(=O)NCc3ccc(F)cc3F)c(=O)c(OCc3ccccc3)c1C2=O. The van der Waals surface area contributed by atoms with Crippen molar-refractivity contribution < 1.29 is 23.1 Å². The van der Waals surface area contributed by atoms with Crippen molar-refractivity contribution >= 4 is 11.8 Å². The smallest absolute Gasteiger partial charge is 0.274 e. The molecule has 2 unspecified atom stereocenters. The van der Waals surface area contributed by atoms with Crippen molar-refractivity contribution in [1.29, 1.82) is 0 Å². The molecule has 1 aromatic heterocycles. The lowest BCUT2D eigenvalue weighted by Gasteiger charge is -2.37. The molecule has 2 bridgehead atoms. The molecule has 7 nitrogen and oxygen atoms in total. The van der Waals surface area contributed by atoms with Crippen LogP contribution in [0.5, 0.6) is 5.75 Å². The first-order valence-corrected chi connectivity index (χ1v) is 12.0. The van der Waals surface area contributed by atoms with Crippen molar-refractivity contribution in [2.24, 2.45) is 5.92 Å². The zero-order chi connectivity index (χ0) is 26.1. The minimum Gasteiger partial charge on any atom is -0.483 e. The minimum absolute atomic E-state index is 0.0190. The number of carbonyl (C=O) groups is 2. The summed E-state index contributed by atoms with van der Waals surface area (Å²) in [7, 11) is 0. The Morgan fingerprint density at radius 1 is 1.14 bits per heavy atom. The number of ether oxygens (including phenoxy) is 1. The third kappa shape index (κ3) is 4.76.